The van der Waals surface area contributed by atoms with E-state index in [1.807, 2.05) is 47.5 Å². The Morgan fingerprint density at radius 2 is 1.75 bits per heavy atom. The van der Waals surface area contributed by atoms with Crippen LogP contribution in [0.15, 0.2) is 54.7 Å². The number of carbonyl (C=O) groups is 1. The zero-order chi connectivity index (χ0) is 19.3. The first-order valence-electron chi connectivity index (χ1n) is 9.92. The first kappa shape index (κ1) is 19.0. The van der Waals surface area contributed by atoms with Gasteiger partial charge in [0.25, 0.3) is 5.91 Å². The molecule has 2 aromatic carbocycles. The molecule has 0 aliphatic carbocycles. The van der Waals surface area contributed by atoms with Gasteiger partial charge in [-0.15, -0.1) is 0 Å². The first-order valence-corrected chi connectivity index (χ1v) is 10.3. The minimum absolute atomic E-state index is 0.106. The third kappa shape index (κ3) is 4.08. The van der Waals surface area contributed by atoms with E-state index in [0.29, 0.717) is 26.3 Å². The lowest BCUT2D eigenvalue weighted by atomic mass is 10.1. The van der Waals surface area contributed by atoms with Gasteiger partial charge in [-0.05, 0) is 37.0 Å². The zero-order valence-corrected chi connectivity index (χ0v) is 16.7. The molecule has 0 radical (unpaired) electrons. The number of carbonyl (C=O) groups excluding carboxylic acids is 1. The Labute approximate surface area is 170 Å². The third-order valence-corrected chi connectivity index (χ3v) is 5.74. The summed E-state index contributed by atoms with van der Waals surface area (Å²) >= 11 is 6.25. The van der Waals surface area contributed by atoms with E-state index < -0.39 is 0 Å². The summed E-state index contributed by atoms with van der Waals surface area (Å²) in [5.74, 6) is 0.106. The summed E-state index contributed by atoms with van der Waals surface area (Å²) in [7, 11) is 0. The molecule has 1 saturated heterocycles. The maximum absolute atomic E-state index is 13.0. The molecule has 4 nitrogen and oxygen atoms in total. The van der Waals surface area contributed by atoms with Crippen LogP contribution in [0.1, 0.15) is 28.8 Å². The highest BCUT2D eigenvalue weighted by molar-refractivity contribution is 6.31. The number of rotatable bonds is 6. The van der Waals surface area contributed by atoms with Gasteiger partial charge in [0.1, 0.15) is 0 Å². The van der Waals surface area contributed by atoms with Crippen LogP contribution < -0.4 is 0 Å². The van der Waals surface area contributed by atoms with Crippen LogP contribution in [0.3, 0.4) is 0 Å². The van der Waals surface area contributed by atoms with Crippen molar-refractivity contribution < 1.29 is 9.53 Å². The number of fused-ring (bicyclic) bond motifs is 1. The molecule has 28 heavy (non-hydrogen) atoms. The molecule has 0 unspecified atom stereocenters. The second kappa shape index (κ2) is 8.80. The number of amides is 1. The molecule has 1 fully saturated rings. The van der Waals surface area contributed by atoms with Crippen molar-refractivity contribution in [3.8, 4) is 0 Å². The third-order valence-electron chi connectivity index (χ3n) is 5.37. The van der Waals surface area contributed by atoms with E-state index in [1.165, 1.54) is 5.56 Å². The van der Waals surface area contributed by atoms with Crippen molar-refractivity contribution in [1.82, 2.24) is 9.47 Å². The zero-order valence-electron chi connectivity index (χ0n) is 15.9. The van der Waals surface area contributed by atoms with Crippen LogP contribution in [0, 0.1) is 0 Å². The maximum atomic E-state index is 13.0. The van der Waals surface area contributed by atoms with E-state index in [9.17, 15) is 4.79 Å². The fourth-order valence-electron chi connectivity index (χ4n) is 3.84. The van der Waals surface area contributed by atoms with Gasteiger partial charge in [0, 0.05) is 41.8 Å². The highest BCUT2D eigenvalue weighted by Gasteiger charge is 2.22. The second-order valence-electron chi connectivity index (χ2n) is 7.21. The van der Waals surface area contributed by atoms with Gasteiger partial charge >= 0.3 is 0 Å². The summed E-state index contributed by atoms with van der Waals surface area (Å²) in [6.45, 7) is 3.45. The number of aryl methyl sites for hydroxylation is 2. The number of para-hydroxylation sites is 1. The summed E-state index contributed by atoms with van der Waals surface area (Å²) in [6, 6.07) is 16.2. The molecule has 1 aromatic heterocycles. The number of ether oxygens (including phenoxy) is 1. The number of morpholine rings is 1. The molecule has 4 rings (SSSR count). The van der Waals surface area contributed by atoms with Crippen molar-refractivity contribution >= 4 is 28.4 Å². The van der Waals surface area contributed by atoms with Crippen molar-refractivity contribution in [3.63, 3.8) is 0 Å². The van der Waals surface area contributed by atoms with Crippen LogP contribution in [0.5, 0.6) is 0 Å². The van der Waals surface area contributed by atoms with Crippen molar-refractivity contribution in [3.05, 3.63) is 70.9 Å². The number of hydrogen-bond acceptors (Lipinski definition) is 2. The summed E-state index contributed by atoms with van der Waals surface area (Å²) in [4.78, 5) is 14.9. The van der Waals surface area contributed by atoms with Gasteiger partial charge < -0.3 is 14.2 Å². The topological polar surface area (TPSA) is 34.5 Å². The average molecular weight is 397 g/mol. The number of hydrogen-bond donors (Lipinski definition) is 0. The molecular weight excluding hydrogens is 372 g/mol. The fraction of sp³-hybridized carbons (Fsp3) is 0.348. The molecule has 1 amide bonds. The van der Waals surface area contributed by atoms with Crippen molar-refractivity contribution in [1.29, 1.82) is 0 Å². The van der Waals surface area contributed by atoms with Crippen molar-refractivity contribution in [2.45, 2.75) is 25.8 Å². The Bertz CT molecular complexity index is 960. The van der Waals surface area contributed by atoms with E-state index in [4.69, 9.17) is 16.3 Å². The number of unbranched alkanes of at least 4 members (excludes halogenated alkanes) is 1. The molecule has 5 heteroatoms. The first-order chi connectivity index (χ1) is 13.7. The number of nitrogens with zero attached hydrogens (tertiary/aromatic N) is 2. The Hall–Kier alpha value is -2.30. The van der Waals surface area contributed by atoms with Gasteiger partial charge in [0.2, 0.25) is 0 Å². The minimum atomic E-state index is 0.106. The summed E-state index contributed by atoms with van der Waals surface area (Å²) in [5.41, 5.74) is 3.12. The normalized spacial score (nSPS) is 14.5. The van der Waals surface area contributed by atoms with E-state index in [-0.39, 0.29) is 5.91 Å². The second-order valence-corrected chi connectivity index (χ2v) is 7.61. The van der Waals surface area contributed by atoms with Gasteiger partial charge in [-0.25, -0.2) is 0 Å². The molecular formula is C23H25ClN2O2. The highest BCUT2D eigenvalue weighted by atomic mass is 35.5. The Morgan fingerprint density at radius 1 is 1.00 bits per heavy atom. The molecule has 0 spiro atoms. The predicted octanol–water partition coefficient (Wildman–Crippen LogP) is 4.79. The van der Waals surface area contributed by atoms with E-state index in [0.717, 1.165) is 47.3 Å². The minimum Gasteiger partial charge on any atom is -0.378 e. The van der Waals surface area contributed by atoms with Crippen LogP contribution in [0.4, 0.5) is 0 Å². The van der Waals surface area contributed by atoms with Gasteiger partial charge in [-0.1, -0.05) is 48.0 Å². The number of halogens is 1. The summed E-state index contributed by atoms with van der Waals surface area (Å²) < 4.78 is 7.60. The van der Waals surface area contributed by atoms with E-state index in [2.05, 4.69) is 16.7 Å². The number of aromatic nitrogens is 1. The molecule has 0 atom stereocenters. The van der Waals surface area contributed by atoms with Crippen molar-refractivity contribution in [2.24, 2.45) is 0 Å². The quantitative estimate of drug-likeness (QED) is 0.561. The lowest BCUT2D eigenvalue weighted by Crippen LogP contribution is -2.40. The molecule has 1 aliphatic rings. The number of benzene rings is 2. The molecule has 2 heterocycles. The Balaban J connectivity index is 1.47. The van der Waals surface area contributed by atoms with Crippen LogP contribution in [0.2, 0.25) is 5.02 Å². The van der Waals surface area contributed by atoms with Crippen LogP contribution in [-0.2, 0) is 17.7 Å². The standard InChI is InChI=1S/C23H25ClN2O2/c24-21-10-3-1-7-18(21)8-5-6-12-26-17-20(19-9-2-4-11-22(19)26)23(27)25-13-15-28-16-14-25/h1-4,7,9-11,17H,5-6,8,12-16H2. The van der Waals surface area contributed by atoms with Crippen LogP contribution in [-0.4, -0.2) is 41.7 Å². The maximum Gasteiger partial charge on any atom is 0.256 e. The van der Waals surface area contributed by atoms with Crippen LogP contribution in [0.25, 0.3) is 10.9 Å². The molecule has 1 aliphatic heterocycles. The molecule has 3 aromatic rings. The predicted molar refractivity (Wildman–Crippen MR) is 113 cm³/mol. The highest BCUT2D eigenvalue weighted by Crippen LogP contribution is 2.24. The van der Waals surface area contributed by atoms with Crippen LogP contribution >= 0.6 is 11.6 Å². The fourth-order valence-corrected chi connectivity index (χ4v) is 4.07. The summed E-state index contributed by atoms with van der Waals surface area (Å²) in [6.07, 6.45) is 5.09. The molecule has 0 saturated carbocycles. The van der Waals surface area contributed by atoms with Crippen molar-refractivity contribution in [2.75, 3.05) is 26.3 Å². The van der Waals surface area contributed by atoms with Gasteiger partial charge in [0.05, 0.1) is 18.8 Å². The lowest BCUT2D eigenvalue weighted by molar-refractivity contribution is 0.0304. The molecule has 0 bridgehead atoms. The summed E-state index contributed by atoms with van der Waals surface area (Å²) in [5, 5.41) is 1.87. The van der Waals surface area contributed by atoms with E-state index in [1.54, 1.807) is 0 Å². The van der Waals surface area contributed by atoms with Gasteiger partial charge in [-0.3, -0.25) is 4.79 Å². The Morgan fingerprint density at radius 3 is 2.57 bits per heavy atom. The van der Waals surface area contributed by atoms with Gasteiger partial charge in [-0.2, -0.15) is 0 Å². The smallest absolute Gasteiger partial charge is 0.256 e. The molecule has 146 valence electrons. The van der Waals surface area contributed by atoms with E-state index >= 15 is 0 Å². The average Bonchev–Trinajstić information content (AvgIpc) is 3.11. The van der Waals surface area contributed by atoms with Gasteiger partial charge in [0.15, 0.2) is 0 Å². The lowest BCUT2D eigenvalue weighted by Gasteiger charge is -2.26. The monoisotopic (exact) mass is 396 g/mol. The molecule has 0 N–H and O–H groups in total. The Kier molecular flexibility index (Phi) is 5.98. The largest absolute Gasteiger partial charge is 0.378 e. The SMILES string of the molecule is O=C(c1cn(CCCCc2ccccc2Cl)c2ccccc12)N1CCOCC1.